The van der Waals surface area contributed by atoms with Crippen LogP contribution in [0.4, 0.5) is 0 Å². The van der Waals surface area contributed by atoms with Crippen molar-refractivity contribution in [1.29, 1.82) is 0 Å². The van der Waals surface area contributed by atoms with Crippen LogP contribution in [0.5, 0.6) is 0 Å². The number of benzene rings is 2. The fraction of sp³-hybridized carbons (Fsp3) is 0.300. The highest BCUT2D eigenvalue weighted by molar-refractivity contribution is 5.93. The fourth-order valence-corrected chi connectivity index (χ4v) is 2.87. The molecule has 1 heterocycles. The topological polar surface area (TPSA) is 52.6 Å². The van der Waals surface area contributed by atoms with Gasteiger partial charge in [-0.2, -0.15) is 0 Å². The molecule has 2 aromatic rings. The maximum Gasteiger partial charge on any atom is 0.347 e. The van der Waals surface area contributed by atoms with Gasteiger partial charge < -0.3 is 9.47 Å². The highest BCUT2D eigenvalue weighted by atomic mass is 16.6. The summed E-state index contributed by atoms with van der Waals surface area (Å²) in [7, 11) is 0. The Morgan fingerprint density at radius 3 is 2.50 bits per heavy atom. The van der Waals surface area contributed by atoms with Gasteiger partial charge in [-0.05, 0) is 37.0 Å². The average molecular weight is 324 g/mol. The zero-order chi connectivity index (χ0) is 16.9. The van der Waals surface area contributed by atoms with Crippen LogP contribution in [0.15, 0.2) is 54.6 Å². The number of aryl methyl sites for hydroxylation is 2. The van der Waals surface area contributed by atoms with Gasteiger partial charge in [0.05, 0.1) is 5.56 Å². The molecule has 2 aromatic carbocycles. The lowest BCUT2D eigenvalue weighted by molar-refractivity contribution is -0.147. The van der Waals surface area contributed by atoms with Gasteiger partial charge in [0.25, 0.3) is 0 Å². The molecule has 1 aliphatic rings. The summed E-state index contributed by atoms with van der Waals surface area (Å²) in [5.41, 5.74) is 2.65. The SMILES string of the molecule is CC1CC(OC(=O)c2ccccc2CCc2ccccc2)C(=O)O1. The minimum Gasteiger partial charge on any atom is -0.460 e. The molecule has 0 aromatic heterocycles. The van der Waals surface area contributed by atoms with Gasteiger partial charge >= 0.3 is 11.9 Å². The van der Waals surface area contributed by atoms with Gasteiger partial charge in [0.1, 0.15) is 6.10 Å². The highest BCUT2D eigenvalue weighted by Crippen LogP contribution is 2.20. The number of carbonyl (C=O) groups excluding carboxylic acids is 2. The number of hydrogen-bond acceptors (Lipinski definition) is 4. The fourth-order valence-electron chi connectivity index (χ4n) is 2.87. The molecular weight excluding hydrogens is 304 g/mol. The molecule has 4 nitrogen and oxygen atoms in total. The number of esters is 2. The van der Waals surface area contributed by atoms with E-state index in [1.807, 2.05) is 30.3 Å². The highest BCUT2D eigenvalue weighted by Gasteiger charge is 2.35. The third-order valence-corrected chi connectivity index (χ3v) is 4.14. The zero-order valence-electron chi connectivity index (χ0n) is 13.6. The Labute approximate surface area is 141 Å². The van der Waals surface area contributed by atoms with Gasteiger partial charge in [0.2, 0.25) is 6.10 Å². The normalized spacial score (nSPS) is 19.8. The lowest BCUT2D eigenvalue weighted by Gasteiger charge is -2.12. The first-order valence-corrected chi connectivity index (χ1v) is 8.17. The van der Waals surface area contributed by atoms with Crippen molar-refractivity contribution in [3.05, 3.63) is 71.3 Å². The summed E-state index contributed by atoms with van der Waals surface area (Å²) in [5.74, 6) is -0.924. The first-order valence-electron chi connectivity index (χ1n) is 8.17. The second kappa shape index (κ2) is 7.30. The maximum atomic E-state index is 12.5. The molecular formula is C20H20O4. The van der Waals surface area contributed by atoms with Gasteiger partial charge in [-0.3, -0.25) is 0 Å². The molecule has 0 spiro atoms. The van der Waals surface area contributed by atoms with E-state index >= 15 is 0 Å². The van der Waals surface area contributed by atoms with Gasteiger partial charge in [0, 0.05) is 6.42 Å². The summed E-state index contributed by atoms with van der Waals surface area (Å²) in [5, 5.41) is 0. The summed E-state index contributed by atoms with van der Waals surface area (Å²) in [6.45, 7) is 1.79. The molecule has 0 radical (unpaired) electrons. The van der Waals surface area contributed by atoms with Crippen LogP contribution in [0.25, 0.3) is 0 Å². The molecule has 3 rings (SSSR count). The third kappa shape index (κ3) is 3.82. The number of hydrogen-bond donors (Lipinski definition) is 0. The molecule has 0 aliphatic carbocycles. The molecule has 24 heavy (non-hydrogen) atoms. The summed E-state index contributed by atoms with van der Waals surface area (Å²) in [4.78, 5) is 24.1. The lowest BCUT2D eigenvalue weighted by Crippen LogP contribution is -2.23. The molecule has 0 N–H and O–H groups in total. The van der Waals surface area contributed by atoms with E-state index in [0.717, 1.165) is 18.4 Å². The molecule has 1 fully saturated rings. The van der Waals surface area contributed by atoms with Crippen molar-refractivity contribution in [3.63, 3.8) is 0 Å². The van der Waals surface area contributed by atoms with Crippen LogP contribution in [0, 0.1) is 0 Å². The molecule has 4 heteroatoms. The van der Waals surface area contributed by atoms with Crippen LogP contribution in [0.3, 0.4) is 0 Å². The number of rotatable bonds is 5. The predicted molar refractivity (Wildman–Crippen MR) is 89.7 cm³/mol. The van der Waals surface area contributed by atoms with Crippen LogP contribution < -0.4 is 0 Å². The molecule has 0 amide bonds. The standard InChI is InChI=1S/C20H20O4/c1-14-13-18(20(22)23-14)24-19(21)17-10-6-5-9-16(17)12-11-15-7-3-2-4-8-15/h2-10,14,18H,11-13H2,1H3. The van der Waals surface area contributed by atoms with Crippen molar-refractivity contribution < 1.29 is 19.1 Å². The summed E-state index contributed by atoms with van der Waals surface area (Å²) < 4.78 is 10.4. The Hall–Kier alpha value is -2.62. The molecule has 2 atom stereocenters. The van der Waals surface area contributed by atoms with Crippen LogP contribution in [0.1, 0.15) is 34.8 Å². The van der Waals surface area contributed by atoms with Crippen molar-refractivity contribution in [2.45, 2.75) is 38.4 Å². The average Bonchev–Trinajstić information content (AvgIpc) is 2.91. The molecule has 1 saturated heterocycles. The van der Waals surface area contributed by atoms with Crippen LogP contribution in [-0.2, 0) is 27.1 Å². The van der Waals surface area contributed by atoms with E-state index in [1.165, 1.54) is 5.56 Å². The largest absolute Gasteiger partial charge is 0.460 e. The molecule has 1 aliphatic heterocycles. The Morgan fingerprint density at radius 1 is 1.08 bits per heavy atom. The van der Waals surface area contributed by atoms with Crippen LogP contribution in [0.2, 0.25) is 0 Å². The predicted octanol–water partition coefficient (Wildman–Crippen LogP) is 3.33. The first-order chi connectivity index (χ1) is 11.6. The van der Waals surface area contributed by atoms with Gasteiger partial charge in [0.15, 0.2) is 0 Å². The van der Waals surface area contributed by atoms with Gasteiger partial charge in [-0.1, -0.05) is 48.5 Å². The van der Waals surface area contributed by atoms with Crippen LogP contribution in [-0.4, -0.2) is 24.1 Å². The minimum atomic E-state index is -0.797. The number of carbonyl (C=O) groups is 2. The second-order valence-corrected chi connectivity index (χ2v) is 6.02. The van der Waals surface area contributed by atoms with Crippen molar-refractivity contribution in [3.8, 4) is 0 Å². The summed E-state index contributed by atoms with van der Waals surface area (Å²) in [6.07, 6.45) is 0.990. The van der Waals surface area contributed by atoms with E-state index in [4.69, 9.17) is 9.47 Å². The van der Waals surface area contributed by atoms with Gasteiger partial charge in [-0.15, -0.1) is 0 Å². The molecule has 0 bridgehead atoms. The Balaban J connectivity index is 1.69. The van der Waals surface area contributed by atoms with E-state index in [9.17, 15) is 9.59 Å². The van der Waals surface area contributed by atoms with Crippen molar-refractivity contribution in [2.75, 3.05) is 0 Å². The summed E-state index contributed by atoms with van der Waals surface area (Å²) in [6, 6.07) is 17.5. The molecule has 2 unspecified atom stereocenters. The molecule has 0 saturated carbocycles. The molecule has 124 valence electrons. The van der Waals surface area contributed by atoms with E-state index < -0.39 is 18.0 Å². The minimum absolute atomic E-state index is 0.205. The van der Waals surface area contributed by atoms with E-state index in [0.29, 0.717) is 12.0 Å². The monoisotopic (exact) mass is 324 g/mol. The van der Waals surface area contributed by atoms with Gasteiger partial charge in [-0.25, -0.2) is 9.59 Å². The Kier molecular flexibility index (Phi) is 4.94. The lowest BCUT2D eigenvalue weighted by atomic mass is 10.00. The smallest absolute Gasteiger partial charge is 0.347 e. The van der Waals surface area contributed by atoms with Crippen molar-refractivity contribution in [1.82, 2.24) is 0 Å². The van der Waals surface area contributed by atoms with E-state index in [-0.39, 0.29) is 6.10 Å². The third-order valence-electron chi connectivity index (χ3n) is 4.14. The zero-order valence-corrected chi connectivity index (χ0v) is 13.6. The van der Waals surface area contributed by atoms with E-state index in [2.05, 4.69) is 12.1 Å². The Morgan fingerprint density at radius 2 is 1.79 bits per heavy atom. The van der Waals surface area contributed by atoms with E-state index in [1.54, 1.807) is 19.1 Å². The van der Waals surface area contributed by atoms with Crippen LogP contribution >= 0.6 is 0 Å². The number of cyclic esters (lactones) is 1. The number of ether oxygens (including phenoxy) is 2. The van der Waals surface area contributed by atoms with Crippen molar-refractivity contribution in [2.24, 2.45) is 0 Å². The van der Waals surface area contributed by atoms with Crippen molar-refractivity contribution >= 4 is 11.9 Å². The maximum absolute atomic E-state index is 12.5. The Bertz CT molecular complexity index is 723. The first kappa shape index (κ1) is 16.2. The quantitative estimate of drug-likeness (QED) is 0.792. The second-order valence-electron chi connectivity index (χ2n) is 6.02. The summed E-state index contributed by atoms with van der Waals surface area (Å²) >= 11 is 0.